The zero-order chi connectivity index (χ0) is 19.5. The van der Waals surface area contributed by atoms with Crippen LogP contribution < -0.4 is 51.4 Å². The van der Waals surface area contributed by atoms with Crippen LogP contribution in [0.15, 0.2) is 24.3 Å². The van der Waals surface area contributed by atoms with Crippen molar-refractivity contribution in [1.29, 1.82) is 0 Å². The Kier molecular flexibility index (Phi) is 18.9. The smallest absolute Gasteiger partial charge is 0.418 e. The van der Waals surface area contributed by atoms with E-state index in [-0.39, 0.29) is 51.4 Å². The monoisotopic (exact) mass is 405 g/mol. The van der Waals surface area contributed by atoms with E-state index < -0.39 is 21.8 Å². The van der Waals surface area contributed by atoms with Crippen molar-refractivity contribution in [3.8, 4) is 0 Å². The van der Waals surface area contributed by atoms with Crippen molar-refractivity contribution in [3.05, 3.63) is 42.3 Å². The summed E-state index contributed by atoms with van der Waals surface area (Å²) in [5.74, 6) is 0. The summed E-state index contributed by atoms with van der Waals surface area (Å²) in [4.78, 5) is 0. The van der Waals surface area contributed by atoms with Crippen LogP contribution in [-0.4, -0.2) is 21.8 Å². The molecule has 16 heteroatoms. The van der Waals surface area contributed by atoms with E-state index in [0.29, 0.717) is 0 Å². The van der Waals surface area contributed by atoms with Crippen molar-refractivity contribution < 1.29 is 103 Å². The molecule has 1 aromatic rings. The summed E-state index contributed by atoms with van der Waals surface area (Å²) in [6.07, 6.45) is 0. The van der Waals surface area contributed by atoms with Gasteiger partial charge in [-0.25, -0.2) is 0 Å². The van der Waals surface area contributed by atoms with Crippen LogP contribution >= 0.6 is 0 Å². The zero-order valence-corrected chi connectivity index (χ0v) is 15.4. The third-order valence-electron chi connectivity index (χ3n) is 1.12. The van der Waals surface area contributed by atoms with Gasteiger partial charge in [-0.2, -0.15) is 24.6 Å². The predicted octanol–water partition coefficient (Wildman–Crippen LogP) is 3.08. The molecule has 0 nitrogen and oxygen atoms in total. The second-order valence-corrected chi connectivity index (χ2v) is 3.47. The van der Waals surface area contributed by atoms with E-state index in [2.05, 4.69) is 26.0 Å². The van der Waals surface area contributed by atoms with E-state index in [1.54, 1.807) is 0 Å². The van der Waals surface area contributed by atoms with E-state index in [1.165, 1.54) is 5.56 Å². The molecule has 138 valence electrons. The topological polar surface area (TPSA) is 0 Å². The molecule has 0 saturated carbocycles. The molecule has 0 aromatic heterocycles. The van der Waals surface area contributed by atoms with Crippen molar-refractivity contribution in [3.63, 3.8) is 0 Å². The van der Waals surface area contributed by atoms with Crippen molar-refractivity contribution in [1.82, 2.24) is 0 Å². The third-order valence-corrected chi connectivity index (χ3v) is 1.12. The molecule has 1 rings (SSSR count). The van der Waals surface area contributed by atoms with Gasteiger partial charge in [0.15, 0.2) is 0 Å². The molecule has 0 amide bonds. The van der Waals surface area contributed by atoms with Crippen LogP contribution in [0, 0.1) is 13.8 Å². The minimum atomic E-state index is -6.00. The van der Waals surface area contributed by atoms with Gasteiger partial charge in [-0.05, 0) is 6.92 Å². The summed E-state index contributed by atoms with van der Waals surface area (Å²) < 4.78 is 117. The summed E-state index contributed by atoms with van der Waals surface area (Å²) >= 11 is 0. The SMILES string of the molecule is F[B-](F)(F)F.F[B-](F)(F)F.F[B-](F)(F)F.[CH2-]c1ccc(C)cc1.[K+]. The third kappa shape index (κ3) is 96.6. The number of aryl methyl sites for hydroxylation is 1. The van der Waals surface area contributed by atoms with Crippen LogP contribution in [0.5, 0.6) is 0 Å². The van der Waals surface area contributed by atoms with Crippen molar-refractivity contribution in [2.24, 2.45) is 0 Å². The first-order valence-electron chi connectivity index (χ1n) is 5.29. The molecular weight excluding hydrogens is 396 g/mol. The van der Waals surface area contributed by atoms with Crippen LogP contribution in [-0.2, 0) is 0 Å². The quantitative estimate of drug-likeness (QED) is 0.354. The largest absolute Gasteiger partial charge is 1.00 e. The van der Waals surface area contributed by atoms with Gasteiger partial charge in [0.1, 0.15) is 0 Å². The van der Waals surface area contributed by atoms with Gasteiger partial charge in [0.25, 0.3) is 0 Å². The molecule has 0 bridgehead atoms. The van der Waals surface area contributed by atoms with E-state index in [9.17, 15) is 51.8 Å². The number of hydrogen-bond donors (Lipinski definition) is 0. The zero-order valence-electron chi connectivity index (χ0n) is 12.3. The molecule has 0 heterocycles. The second-order valence-electron chi connectivity index (χ2n) is 3.47. The Morgan fingerprint density at radius 3 is 0.875 bits per heavy atom. The molecule has 0 unspecified atom stereocenters. The Balaban J connectivity index is -0.000000113. The molecule has 0 aliphatic rings. The fraction of sp³-hybridized carbons (Fsp3) is 0.125. The number of hydrogen-bond acceptors (Lipinski definition) is 0. The van der Waals surface area contributed by atoms with Crippen LogP contribution in [0.25, 0.3) is 0 Å². The van der Waals surface area contributed by atoms with Gasteiger partial charge >= 0.3 is 73.1 Å². The van der Waals surface area contributed by atoms with Crippen LogP contribution in [0.1, 0.15) is 11.1 Å². The summed E-state index contributed by atoms with van der Waals surface area (Å²) in [6.45, 7) is 5.83. The first-order valence-corrected chi connectivity index (χ1v) is 5.29. The average molecular weight is 405 g/mol. The molecule has 0 atom stereocenters. The maximum absolute atomic E-state index is 9.75. The molecule has 24 heavy (non-hydrogen) atoms. The summed E-state index contributed by atoms with van der Waals surface area (Å²) in [6, 6.07) is 8.13. The number of rotatable bonds is 0. The van der Waals surface area contributed by atoms with Gasteiger partial charge in [0, 0.05) is 0 Å². The van der Waals surface area contributed by atoms with Crippen molar-refractivity contribution >= 4 is 21.8 Å². The van der Waals surface area contributed by atoms with Gasteiger partial charge in [-0.15, -0.1) is 12.1 Å². The first-order chi connectivity index (χ1) is 9.79. The summed E-state index contributed by atoms with van der Waals surface area (Å²) in [5.41, 5.74) is 2.37. The Hall–Kier alpha value is 0.0812. The Morgan fingerprint density at radius 2 is 0.750 bits per heavy atom. The molecule has 0 radical (unpaired) electrons. The number of halogens is 12. The fourth-order valence-electron chi connectivity index (χ4n) is 0.588. The average Bonchev–Trinajstić information content (AvgIpc) is 2.14. The van der Waals surface area contributed by atoms with Gasteiger partial charge in [-0.1, -0.05) is 5.56 Å². The molecule has 0 saturated heterocycles. The molecule has 0 aliphatic carbocycles. The molecule has 1 aromatic carbocycles. The minimum Gasteiger partial charge on any atom is -0.418 e. The predicted molar refractivity (Wildman–Crippen MR) is 66.2 cm³/mol. The van der Waals surface area contributed by atoms with Crippen molar-refractivity contribution in [2.75, 3.05) is 0 Å². The first kappa shape index (κ1) is 31.8. The van der Waals surface area contributed by atoms with Gasteiger partial charge in [0.2, 0.25) is 0 Å². The van der Waals surface area contributed by atoms with Crippen LogP contribution in [0.3, 0.4) is 0 Å². The van der Waals surface area contributed by atoms with Crippen molar-refractivity contribution in [2.45, 2.75) is 6.92 Å². The van der Waals surface area contributed by atoms with E-state index in [1.807, 2.05) is 12.1 Å². The maximum atomic E-state index is 9.75. The van der Waals surface area contributed by atoms with E-state index in [4.69, 9.17) is 0 Å². The maximum Gasteiger partial charge on any atom is 1.00 e. The molecule has 0 spiro atoms. The van der Waals surface area contributed by atoms with E-state index >= 15 is 0 Å². The van der Waals surface area contributed by atoms with Gasteiger partial charge in [-0.3, -0.25) is 0 Å². The normalized spacial score (nSPS) is 10.5. The Bertz CT molecular complexity index is 331. The van der Waals surface area contributed by atoms with Gasteiger partial charge in [0.05, 0.1) is 0 Å². The molecule has 0 fully saturated rings. The van der Waals surface area contributed by atoms with E-state index in [0.717, 1.165) is 5.56 Å². The molecule has 0 N–H and O–H groups in total. The fourth-order valence-corrected chi connectivity index (χ4v) is 0.588. The van der Waals surface area contributed by atoms with Gasteiger partial charge < -0.3 is 51.8 Å². The standard InChI is InChI=1S/C8H9.3BF4.K/c1-7-3-5-8(2)6-4-7;3*2-1(3,4)5;/h3-6H,1H2,2H3;;;;/q4*-1;+1. The number of benzene rings is 1. The van der Waals surface area contributed by atoms with Crippen LogP contribution in [0.4, 0.5) is 51.8 Å². The molecule has 0 aliphatic heterocycles. The molecular formula is C8H9B3F12K-3. The summed E-state index contributed by atoms with van der Waals surface area (Å²) in [5, 5.41) is 0. The summed E-state index contributed by atoms with van der Waals surface area (Å²) in [7, 11) is -18.0. The Morgan fingerprint density at radius 1 is 0.583 bits per heavy atom. The minimum absolute atomic E-state index is 0. The van der Waals surface area contributed by atoms with Crippen LogP contribution in [0.2, 0.25) is 0 Å². The second kappa shape index (κ2) is 14.3. The Labute approximate surface area is 173 Å².